The molecule has 14 nitrogen and oxygen atoms in total. The van der Waals surface area contributed by atoms with Crippen LogP contribution in [0.4, 0.5) is 15.8 Å². The van der Waals surface area contributed by atoms with Crippen LogP contribution in [-0.2, 0) is 14.4 Å². The molecule has 1 aliphatic rings. The van der Waals surface area contributed by atoms with Gasteiger partial charge in [-0.3, -0.25) is 19.4 Å². The predicted molar refractivity (Wildman–Crippen MR) is 183 cm³/mol. The van der Waals surface area contributed by atoms with E-state index in [-0.39, 0.29) is 40.6 Å². The summed E-state index contributed by atoms with van der Waals surface area (Å²) in [6, 6.07) is 13.3. The normalized spacial score (nSPS) is 15.1. The molecule has 5 rings (SSSR count). The summed E-state index contributed by atoms with van der Waals surface area (Å²) in [6.45, 7) is -1.22. The number of aliphatic hydroxyl groups is 3. The number of carboxylic acid groups (broad SMARTS) is 1. The Hall–Kier alpha value is -5.06. The Balaban J connectivity index is 1.33. The largest absolute Gasteiger partial charge is 0.493 e. The lowest BCUT2D eigenvalue weighted by Gasteiger charge is -2.30. The highest BCUT2D eigenvalue weighted by Gasteiger charge is 2.56. The van der Waals surface area contributed by atoms with E-state index >= 15 is 4.39 Å². The summed E-state index contributed by atoms with van der Waals surface area (Å²) in [5.41, 5.74) is 5.25. The minimum absolute atomic E-state index is 0.0341. The standard InChI is InChI=1S/C35H36ClFN4O10/c1-49-28-13-22-25(15-29(28)51-30(14-24(38)32(45)46)31(44)18(16-42)17-43)39-10-7-26(22)50-27-6-5-21(12-23(27)37)41-34(48)35(8-9-35)33(47)40-20-4-2-3-19(36)11-20/h2-7,10-13,15,18,24,30-31,42-44H,8-9,14,16-17,38H2,1H3,(H,40,47)(H,41,48)(H,45,46). The quantitative estimate of drug-likeness (QED) is 0.0822. The molecule has 270 valence electrons. The van der Waals surface area contributed by atoms with E-state index in [0.717, 1.165) is 6.07 Å². The van der Waals surface area contributed by atoms with Crippen molar-refractivity contribution in [2.24, 2.45) is 17.1 Å². The molecule has 4 aromatic rings. The third kappa shape index (κ3) is 8.46. The fraction of sp³-hybridized carbons (Fsp3) is 0.314. The molecule has 1 fully saturated rings. The van der Waals surface area contributed by atoms with Gasteiger partial charge in [-0.1, -0.05) is 17.7 Å². The van der Waals surface area contributed by atoms with Crippen molar-refractivity contribution in [3.05, 3.63) is 77.7 Å². The summed E-state index contributed by atoms with van der Waals surface area (Å²) in [6.07, 6.45) is -1.13. The maximum atomic E-state index is 15.4. The number of benzene rings is 3. The van der Waals surface area contributed by atoms with Crippen LogP contribution < -0.4 is 30.6 Å². The van der Waals surface area contributed by atoms with Crippen LogP contribution in [0.2, 0.25) is 5.02 Å². The number of carbonyl (C=O) groups excluding carboxylic acids is 2. The molecule has 0 radical (unpaired) electrons. The zero-order valence-electron chi connectivity index (χ0n) is 27.2. The summed E-state index contributed by atoms with van der Waals surface area (Å²) in [7, 11) is 1.34. The molecular formula is C35H36ClFN4O10. The van der Waals surface area contributed by atoms with Gasteiger partial charge < -0.3 is 51.0 Å². The van der Waals surface area contributed by atoms with E-state index in [1.165, 1.54) is 43.6 Å². The average molecular weight is 727 g/mol. The highest BCUT2D eigenvalue weighted by Crippen LogP contribution is 2.48. The van der Waals surface area contributed by atoms with Crippen molar-refractivity contribution in [1.29, 1.82) is 0 Å². The third-order valence-corrected chi connectivity index (χ3v) is 8.75. The zero-order chi connectivity index (χ0) is 36.9. The number of nitrogens with zero attached hydrogens (tertiary/aromatic N) is 1. The number of aliphatic carboxylic acids is 1. The number of ether oxygens (including phenoxy) is 3. The first kappa shape index (κ1) is 37.2. The molecule has 0 aliphatic heterocycles. The number of amides is 2. The SMILES string of the molecule is COc1cc2c(Oc3ccc(NC(=O)C4(C(=O)Nc5cccc(Cl)c5)CC4)cc3F)ccnc2cc1OC(CC(N)C(=O)O)C(O)C(CO)CO. The smallest absolute Gasteiger partial charge is 0.320 e. The van der Waals surface area contributed by atoms with Crippen molar-refractivity contribution < 1.29 is 53.4 Å². The summed E-state index contributed by atoms with van der Waals surface area (Å²) >= 11 is 5.99. The molecule has 1 aromatic heterocycles. The van der Waals surface area contributed by atoms with Gasteiger partial charge in [0.2, 0.25) is 11.8 Å². The van der Waals surface area contributed by atoms with Crippen LogP contribution in [0.3, 0.4) is 0 Å². The Kier molecular flexibility index (Phi) is 11.6. The maximum absolute atomic E-state index is 15.4. The molecule has 1 heterocycles. The molecule has 3 aromatic carbocycles. The van der Waals surface area contributed by atoms with Crippen LogP contribution in [0, 0.1) is 17.2 Å². The molecule has 3 unspecified atom stereocenters. The molecular weight excluding hydrogens is 691 g/mol. The zero-order valence-corrected chi connectivity index (χ0v) is 28.0. The molecule has 8 N–H and O–H groups in total. The average Bonchev–Trinajstić information content (AvgIpc) is 3.92. The van der Waals surface area contributed by atoms with Gasteiger partial charge in [-0.25, -0.2) is 4.39 Å². The summed E-state index contributed by atoms with van der Waals surface area (Å²) < 4.78 is 32.7. The van der Waals surface area contributed by atoms with Gasteiger partial charge in [0.25, 0.3) is 0 Å². The number of halogens is 2. The molecule has 0 spiro atoms. The number of anilines is 2. The van der Waals surface area contributed by atoms with Crippen LogP contribution >= 0.6 is 11.6 Å². The number of carbonyl (C=O) groups is 3. The Morgan fingerprint density at radius 3 is 2.24 bits per heavy atom. The number of fused-ring (bicyclic) bond motifs is 1. The topological polar surface area (TPSA) is 223 Å². The summed E-state index contributed by atoms with van der Waals surface area (Å²) in [5.74, 6) is -4.17. The van der Waals surface area contributed by atoms with E-state index < -0.39 is 66.4 Å². The Bertz CT molecular complexity index is 1920. The number of hydrogen-bond acceptors (Lipinski definition) is 11. The molecule has 1 saturated carbocycles. The monoisotopic (exact) mass is 726 g/mol. The molecule has 3 atom stereocenters. The van der Waals surface area contributed by atoms with Crippen molar-refractivity contribution in [2.75, 3.05) is 31.0 Å². The first-order valence-corrected chi connectivity index (χ1v) is 16.1. The highest BCUT2D eigenvalue weighted by molar-refractivity contribution is 6.31. The minimum atomic E-state index is -1.51. The lowest BCUT2D eigenvalue weighted by atomic mass is 9.95. The van der Waals surface area contributed by atoms with Gasteiger partial charge >= 0.3 is 5.97 Å². The number of carboxylic acids is 1. The van der Waals surface area contributed by atoms with Crippen LogP contribution in [0.25, 0.3) is 10.9 Å². The summed E-state index contributed by atoms with van der Waals surface area (Å²) in [5, 5.41) is 45.4. The van der Waals surface area contributed by atoms with Gasteiger partial charge in [0.1, 0.15) is 23.3 Å². The van der Waals surface area contributed by atoms with Crippen molar-refractivity contribution in [1.82, 2.24) is 4.98 Å². The first-order valence-electron chi connectivity index (χ1n) is 15.8. The minimum Gasteiger partial charge on any atom is -0.493 e. The first-order chi connectivity index (χ1) is 24.4. The second-order valence-corrected chi connectivity index (χ2v) is 12.5. The van der Waals surface area contributed by atoms with E-state index in [0.29, 0.717) is 28.9 Å². The molecule has 51 heavy (non-hydrogen) atoms. The van der Waals surface area contributed by atoms with E-state index in [2.05, 4.69) is 15.6 Å². The second kappa shape index (κ2) is 15.9. The van der Waals surface area contributed by atoms with Crippen LogP contribution in [0.5, 0.6) is 23.0 Å². The van der Waals surface area contributed by atoms with Crippen molar-refractivity contribution in [3.63, 3.8) is 0 Å². The van der Waals surface area contributed by atoms with Crippen molar-refractivity contribution in [2.45, 2.75) is 37.5 Å². The number of nitrogens with two attached hydrogens (primary N) is 1. The fourth-order valence-electron chi connectivity index (χ4n) is 5.35. The number of pyridine rings is 1. The van der Waals surface area contributed by atoms with Crippen LogP contribution in [-0.4, -0.2) is 81.8 Å². The Labute approximate surface area is 295 Å². The van der Waals surface area contributed by atoms with Gasteiger partial charge in [-0.15, -0.1) is 0 Å². The number of methoxy groups -OCH3 is 1. The Morgan fingerprint density at radius 2 is 1.65 bits per heavy atom. The second-order valence-electron chi connectivity index (χ2n) is 12.0. The van der Waals surface area contributed by atoms with E-state index in [1.54, 1.807) is 24.3 Å². The highest BCUT2D eigenvalue weighted by atomic mass is 35.5. The van der Waals surface area contributed by atoms with Crippen LogP contribution in [0.15, 0.2) is 66.9 Å². The number of hydrogen-bond donors (Lipinski definition) is 7. The Morgan fingerprint density at radius 1 is 0.961 bits per heavy atom. The number of rotatable bonds is 16. The van der Waals surface area contributed by atoms with E-state index in [1.807, 2.05) is 0 Å². The third-order valence-electron chi connectivity index (χ3n) is 8.51. The molecule has 0 bridgehead atoms. The van der Waals surface area contributed by atoms with Gasteiger partial charge in [-0.2, -0.15) is 0 Å². The van der Waals surface area contributed by atoms with E-state index in [9.17, 15) is 34.8 Å². The lowest BCUT2D eigenvalue weighted by Crippen LogP contribution is -2.46. The van der Waals surface area contributed by atoms with Gasteiger partial charge in [0, 0.05) is 52.5 Å². The van der Waals surface area contributed by atoms with Gasteiger partial charge in [0.05, 0.1) is 31.9 Å². The van der Waals surface area contributed by atoms with Crippen molar-refractivity contribution in [3.8, 4) is 23.0 Å². The molecule has 1 aliphatic carbocycles. The molecule has 16 heteroatoms. The maximum Gasteiger partial charge on any atom is 0.320 e. The molecule has 2 amide bonds. The van der Waals surface area contributed by atoms with Gasteiger partial charge in [-0.05, 0) is 55.3 Å². The number of aliphatic hydroxyl groups excluding tert-OH is 3. The van der Waals surface area contributed by atoms with Crippen molar-refractivity contribution >= 4 is 51.7 Å². The fourth-order valence-corrected chi connectivity index (χ4v) is 5.54. The van der Waals surface area contributed by atoms with E-state index in [4.69, 9.17) is 31.5 Å². The predicted octanol–water partition coefficient (Wildman–Crippen LogP) is 3.70. The number of aromatic nitrogens is 1. The molecule has 0 saturated heterocycles. The van der Waals surface area contributed by atoms with Gasteiger partial charge in [0.15, 0.2) is 23.1 Å². The lowest BCUT2D eigenvalue weighted by molar-refractivity contribution is -0.140. The number of nitrogens with one attached hydrogen (secondary N) is 2. The summed E-state index contributed by atoms with van der Waals surface area (Å²) in [4.78, 5) is 41.8. The van der Waals surface area contributed by atoms with Crippen LogP contribution in [0.1, 0.15) is 19.3 Å².